The third-order valence-electron chi connectivity index (χ3n) is 26.6. The summed E-state index contributed by atoms with van der Waals surface area (Å²) in [5.74, 6) is -16.0. The van der Waals surface area contributed by atoms with Gasteiger partial charge in [-0.2, -0.15) is 0 Å². The monoisotopic (exact) mass is 1900 g/mol. The van der Waals surface area contributed by atoms with Crippen molar-refractivity contribution >= 4 is 81.8 Å². The van der Waals surface area contributed by atoms with Gasteiger partial charge in [0.2, 0.25) is 41.6 Å². The Balaban J connectivity index is 0.00000756. The summed E-state index contributed by atoms with van der Waals surface area (Å²) in [5, 5.41) is 129. The molecule has 7 heterocycles. The summed E-state index contributed by atoms with van der Waals surface area (Å²) in [6.45, 7) is 18.1. The lowest BCUT2D eigenvalue weighted by atomic mass is 9.51. The zero-order chi connectivity index (χ0) is 96.6. The molecule has 6 fully saturated rings. The minimum atomic E-state index is -2.28. The Labute approximate surface area is 786 Å². The molecule has 7 amide bonds. The van der Waals surface area contributed by atoms with Crippen LogP contribution in [0.5, 0.6) is 57.5 Å². The molecule has 37 heteroatoms. The van der Waals surface area contributed by atoms with E-state index in [0.29, 0.717) is 50.2 Å². The van der Waals surface area contributed by atoms with Gasteiger partial charge in [0.25, 0.3) is 0 Å². The lowest BCUT2D eigenvalue weighted by Crippen LogP contribution is -2.64. The number of ketones is 3. The number of nitrogens with two attached hydrogens (primary N) is 1. The predicted octanol–water partition coefficient (Wildman–Crippen LogP) is 9.33. The SMILES string of the molecule is CC.CCNCCOc1ccc(NC(=O)NC(=O)C[C@@H]2CC(=O)[C@H](NC(=O)[C@H](CC)CC(C)C)[C@H](O)c3ccc(c(Cl)c3)Oc3cc4cc(c3O[C@@H]3O[C@H](CO)[C@@H](O)[C@H](O)[C@H]3O[C@H]3C[C@](C)(N)[C@H](O)[C@H](C)O3)Oc3ccc(cc3Cl)[C@@H](O)[C@@H]3NC(=O)[C@H](CC(=O)[C@@H]4NC2=O)c2ccc(O)c(c2)-c2c(O)cc(O)cc2[C@@H](C(=O)CC2C4CC5CC(C4)CC2C5)NC3=O)cc1OCCNCC. The molecule has 726 valence electrons. The van der Waals surface area contributed by atoms with Gasteiger partial charge in [-0.1, -0.05) is 89.9 Å². The number of aliphatic hydroxyl groups is 6. The maximum absolute atomic E-state index is 16.9. The molecule has 4 saturated carbocycles. The first kappa shape index (κ1) is 101. The average Bonchev–Trinajstić information content (AvgIpc) is 0.758. The second-order valence-electron chi connectivity index (χ2n) is 36.6. The highest BCUT2D eigenvalue weighted by molar-refractivity contribution is 6.32. The van der Waals surface area contributed by atoms with Gasteiger partial charge in [-0.05, 0) is 202 Å². The Morgan fingerprint density at radius 1 is 0.657 bits per heavy atom. The zero-order valence-corrected chi connectivity index (χ0v) is 77.8. The molecule has 0 spiro atoms. The molecule has 15 bridgehead atoms. The smallest absolute Gasteiger partial charge is 0.325 e. The van der Waals surface area contributed by atoms with Gasteiger partial charge in [-0.25, -0.2) is 4.79 Å². The van der Waals surface area contributed by atoms with Crippen molar-refractivity contribution in [3.8, 4) is 68.6 Å². The molecule has 18 atom stereocenters. The van der Waals surface area contributed by atoms with Crippen LogP contribution in [0.2, 0.25) is 10.0 Å². The van der Waals surface area contributed by atoms with Gasteiger partial charge < -0.3 is 127 Å². The van der Waals surface area contributed by atoms with E-state index >= 15 is 28.8 Å². The highest BCUT2D eigenvalue weighted by atomic mass is 35.5. The van der Waals surface area contributed by atoms with Crippen molar-refractivity contribution in [1.29, 1.82) is 0 Å². The van der Waals surface area contributed by atoms with Crippen molar-refractivity contribution in [1.82, 2.24) is 37.2 Å². The maximum Gasteiger partial charge on any atom is 0.325 e. The van der Waals surface area contributed by atoms with Crippen LogP contribution in [0.25, 0.3) is 11.1 Å². The number of phenols is 3. The van der Waals surface area contributed by atoms with Crippen molar-refractivity contribution in [2.75, 3.05) is 51.3 Å². The predicted molar refractivity (Wildman–Crippen MR) is 489 cm³/mol. The molecule has 0 aromatic heterocycles. The summed E-state index contributed by atoms with van der Waals surface area (Å²) < 4.78 is 51.5. The van der Waals surface area contributed by atoms with Crippen LogP contribution >= 0.6 is 23.2 Å². The average molecular weight is 1900 g/mol. The van der Waals surface area contributed by atoms with E-state index < -0.39 is 228 Å². The Morgan fingerprint density at radius 2 is 1.28 bits per heavy atom. The quantitative estimate of drug-likeness (QED) is 0.0225. The second kappa shape index (κ2) is 44.2. The van der Waals surface area contributed by atoms with E-state index in [0.717, 1.165) is 68.5 Å². The number of carbonyl (C=O) groups is 9. The number of likely N-dealkylation sites (N-methyl/N-ethyl adjacent to an activating group) is 2. The van der Waals surface area contributed by atoms with Crippen molar-refractivity contribution in [2.24, 2.45) is 53.1 Å². The first-order valence-electron chi connectivity index (χ1n) is 46.1. The van der Waals surface area contributed by atoms with Crippen LogP contribution in [0.1, 0.15) is 197 Å². The topological polar surface area (TPSA) is 532 Å². The molecule has 6 aromatic carbocycles. The van der Waals surface area contributed by atoms with Crippen LogP contribution in [0.3, 0.4) is 0 Å². The number of rotatable bonds is 26. The number of ether oxygens (including phenoxy) is 8. The molecule has 7 aliphatic heterocycles. The van der Waals surface area contributed by atoms with Crippen LogP contribution in [-0.4, -0.2) is 212 Å². The molecule has 0 radical (unpaired) electrons. The summed E-state index contributed by atoms with van der Waals surface area (Å²) in [6.07, 6.45) is -15.9. The molecule has 17 rings (SSSR count). The molecule has 11 aliphatic rings. The van der Waals surface area contributed by atoms with E-state index in [1.54, 1.807) is 13.0 Å². The zero-order valence-electron chi connectivity index (χ0n) is 76.3. The molecule has 35 nitrogen and oxygen atoms in total. The van der Waals surface area contributed by atoms with Crippen molar-refractivity contribution < 1.29 is 127 Å². The molecule has 2 saturated heterocycles. The molecular formula is C97H123Cl2N9O26. The van der Waals surface area contributed by atoms with Crippen LogP contribution < -0.4 is 72.0 Å². The number of amides is 7. The number of urea groups is 1. The molecule has 19 N–H and O–H groups in total. The highest BCUT2D eigenvalue weighted by Gasteiger charge is 2.54. The number of hydrogen-bond acceptors (Lipinski definition) is 29. The van der Waals surface area contributed by atoms with Crippen molar-refractivity contribution in [3.63, 3.8) is 0 Å². The van der Waals surface area contributed by atoms with Crippen LogP contribution in [0.15, 0.2) is 97.1 Å². The summed E-state index contributed by atoms with van der Waals surface area (Å²) in [7, 11) is 0. The molecule has 134 heavy (non-hydrogen) atoms. The third kappa shape index (κ3) is 23.1. The standard InChI is InChI=1S/C95H117Cl2N9O26.C2H6/c1-8-47(23-43(4)5)89(120)105-80-65(111)32-54(35-75(114)102-94(124)101-55-14-18-70(125-21-19-99-9-2)71(36-55)126-22-20-100-10-3)90(121)103-78-53-33-72(128-68-16-12-49(82(80)115)30-61(68)96)86(132-93-87(85(118)84(117)74(42-107)130-93)131-76-41-95(7,98)88(119)44(6)127-76)73(34-53)129-69-17-13-50(31-62(69)97)83(116)81-92(123)104-79(67(113)39-57-51-25-45-24-46(27-51)28-52(57)26-45)60-37-56(108)38-64(110)77(60)59-29-48(11-15-63(59)109)58(40-66(78)112)91(122)106-81;1-2/h11-18,29-31,33-34,36-38,43-47,51-52,54,57-58,74,76,78-85,87-88,93,99-100,107-110,115-119H,8-10,19-28,32,35,39-42,98H2,1-7H3,(H,103,121)(H,104,123)(H,105,120)(H,106,122)(H2,101,102,114,124);1-2H3/t44-,45?,46?,47+,51?,52?,54-,57?,58+,74+,76-,78+,79-,80-,81-,82+,83+,84+,85-,87+,88+,93-,95-;/m0./s1. The Kier molecular flexibility index (Phi) is 33.3. The fourth-order valence-electron chi connectivity index (χ4n) is 20.0. The van der Waals surface area contributed by atoms with Crippen LogP contribution in [-0.2, 0) is 52.6 Å². The van der Waals surface area contributed by atoms with Gasteiger partial charge >= 0.3 is 6.03 Å². The van der Waals surface area contributed by atoms with E-state index in [-0.39, 0.29) is 123 Å². The summed E-state index contributed by atoms with van der Waals surface area (Å²) >= 11 is 14.6. The number of hydrogen-bond donors (Lipinski definition) is 18. The lowest BCUT2D eigenvalue weighted by Gasteiger charge is -2.54. The van der Waals surface area contributed by atoms with Crippen LogP contribution in [0, 0.1) is 47.3 Å². The number of fused-ring (bicyclic) bond motifs is 15. The number of carbonyl (C=O) groups excluding carboxylic acids is 9. The number of imide groups is 1. The number of Topliss-reactive ketones (excluding diaryl/α,β-unsaturated/α-hetero) is 3. The van der Waals surface area contributed by atoms with Gasteiger partial charge in [0, 0.05) is 85.6 Å². The molecular weight excluding hydrogens is 1780 g/mol. The van der Waals surface area contributed by atoms with E-state index in [9.17, 15) is 60.3 Å². The van der Waals surface area contributed by atoms with Gasteiger partial charge in [0.05, 0.1) is 40.7 Å². The van der Waals surface area contributed by atoms with Gasteiger partial charge in [0.15, 0.2) is 52.7 Å². The number of benzene rings is 6. The molecule has 4 aliphatic carbocycles. The number of phenolic OH excluding ortho intramolecular Hbond substituents is 3. The number of aliphatic hydroxyl groups excluding tert-OH is 6. The fraction of sp³-hybridized carbons (Fsp3) is 0.536. The number of halogens is 2. The minimum Gasteiger partial charge on any atom is -0.508 e. The highest BCUT2D eigenvalue weighted by Crippen LogP contribution is 2.59. The van der Waals surface area contributed by atoms with E-state index in [1.807, 2.05) is 41.5 Å². The first-order chi connectivity index (χ1) is 64.0. The normalized spacial score (nSPS) is 29.1. The second-order valence-corrected chi connectivity index (χ2v) is 37.4. The Hall–Kier alpha value is -10.4. The maximum atomic E-state index is 16.9. The van der Waals surface area contributed by atoms with E-state index in [1.165, 1.54) is 68.4 Å². The van der Waals surface area contributed by atoms with Crippen LogP contribution in [0.4, 0.5) is 10.5 Å². The van der Waals surface area contributed by atoms with E-state index in [4.69, 9.17) is 66.8 Å². The summed E-state index contributed by atoms with van der Waals surface area (Å²) in [6, 6.07) is 10.3. The van der Waals surface area contributed by atoms with Crippen molar-refractivity contribution in [3.05, 3.63) is 135 Å². The Bertz CT molecular complexity index is 5270. The first-order valence-corrected chi connectivity index (χ1v) is 46.9. The van der Waals surface area contributed by atoms with Gasteiger partial charge in [0.1, 0.15) is 96.6 Å². The fourth-order valence-corrected chi connectivity index (χ4v) is 20.4. The number of nitrogens with one attached hydrogen (secondary N) is 8. The lowest BCUT2D eigenvalue weighted by molar-refractivity contribution is -0.333. The van der Waals surface area contributed by atoms with Crippen molar-refractivity contribution in [2.45, 2.75) is 236 Å². The van der Waals surface area contributed by atoms with E-state index in [2.05, 4.69) is 42.5 Å². The number of aromatic hydroxyl groups is 3. The summed E-state index contributed by atoms with van der Waals surface area (Å²) in [4.78, 5) is 141. The largest absolute Gasteiger partial charge is 0.508 e. The van der Waals surface area contributed by atoms with Gasteiger partial charge in [-0.15, -0.1) is 0 Å². The summed E-state index contributed by atoms with van der Waals surface area (Å²) in [5.41, 5.74) is 3.58. The number of anilines is 1. The Morgan fingerprint density at radius 3 is 1.89 bits per heavy atom. The molecule has 6 aromatic rings. The minimum absolute atomic E-state index is 0.0671. The third-order valence-corrected chi connectivity index (χ3v) is 27.1. The van der Waals surface area contributed by atoms with Gasteiger partial charge in [-0.3, -0.25) is 43.7 Å². The molecule has 0 unspecified atom stereocenters.